The maximum Gasteiger partial charge on any atom is 0.0515 e. The van der Waals surface area contributed by atoms with Crippen LogP contribution in [0.15, 0.2) is 11.8 Å². The van der Waals surface area contributed by atoms with Crippen molar-refractivity contribution in [1.82, 2.24) is 0 Å². The van der Waals surface area contributed by atoms with Crippen LogP contribution in [-0.4, -0.2) is 11.2 Å². The van der Waals surface area contributed by atoms with E-state index in [1.807, 2.05) is 13.0 Å². The van der Waals surface area contributed by atoms with Gasteiger partial charge in [-0.3, -0.25) is 0 Å². The lowest BCUT2D eigenvalue weighted by molar-refractivity contribution is 0.184. The summed E-state index contributed by atoms with van der Waals surface area (Å²) in [6.45, 7) is 3.67. The van der Waals surface area contributed by atoms with Gasteiger partial charge in [0, 0.05) is 5.70 Å². The zero-order valence-electron chi connectivity index (χ0n) is 6.09. The summed E-state index contributed by atoms with van der Waals surface area (Å²) in [6, 6.07) is 0. The van der Waals surface area contributed by atoms with Gasteiger partial charge in [0.2, 0.25) is 0 Å². The van der Waals surface area contributed by atoms with E-state index >= 15 is 0 Å². The fourth-order valence-corrected chi connectivity index (χ4v) is 0.520. The van der Waals surface area contributed by atoms with E-state index in [1.165, 1.54) is 0 Å². The maximum atomic E-state index is 8.81. The van der Waals surface area contributed by atoms with Crippen molar-refractivity contribution in [2.75, 3.05) is 0 Å². The first kappa shape index (κ1) is 8.50. The zero-order valence-corrected chi connectivity index (χ0v) is 6.09. The van der Waals surface area contributed by atoms with Crippen LogP contribution in [-0.2, 0) is 0 Å². The zero-order chi connectivity index (χ0) is 7.28. The molecule has 2 nitrogen and oxygen atoms in total. The molecule has 54 valence electrons. The molecule has 0 bridgehead atoms. The molecule has 0 radical (unpaired) electrons. The number of nitrogens with two attached hydrogens (primary N) is 1. The summed E-state index contributed by atoms with van der Waals surface area (Å²) in [4.78, 5) is 0. The Morgan fingerprint density at radius 3 is 2.67 bits per heavy atom. The van der Waals surface area contributed by atoms with Crippen LogP contribution in [0.3, 0.4) is 0 Å². The predicted molar refractivity (Wildman–Crippen MR) is 38.9 cm³/mol. The number of aliphatic hydroxyl groups excluding tert-OH is 1. The van der Waals surface area contributed by atoms with Crippen molar-refractivity contribution < 1.29 is 5.11 Å². The van der Waals surface area contributed by atoms with E-state index in [2.05, 4.69) is 0 Å². The topological polar surface area (TPSA) is 46.2 Å². The van der Waals surface area contributed by atoms with Crippen molar-refractivity contribution in [3.8, 4) is 0 Å². The Labute approximate surface area is 56.4 Å². The molecule has 0 aliphatic rings. The lowest BCUT2D eigenvalue weighted by atomic mass is 10.2. The Hall–Kier alpha value is -0.500. The van der Waals surface area contributed by atoms with Gasteiger partial charge in [-0.2, -0.15) is 0 Å². The van der Waals surface area contributed by atoms with E-state index < -0.39 is 0 Å². The first-order valence-corrected chi connectivity index (χ1v) is 3.25. The highest BCUT2D eigenvalue weighted by atomic mass is 16.3. The van der Waals surface area contributed by atoms with Gasteiger partial charge in [0.1, 0.15) is 0 Å². The number of allylic oxidation sites excluding steroid dienone is 2. The molecule has 2 heteroatoms. The Morgan fingerprint density at radius 1 is 1.78 bits per heavy atom. The second-order valence-electron chi connectivity index (χ2n) is 2.25. The standard InChI is InChI=1S/C7H15NO/c1-3-7(8)5-4-6(2)9/h3,6,9H,4-5,8H2,1-2H3/b7-3+. The third-order valence-electron chi connectivity index (χ3n) is 1.22. The van der Waals surface area contributed by atoms with Crippen molar-refractivity contribution in [3.63, 3.8) is 0 Å². The first-order chi connectivity index (χ1) is 4.16. The van der Waals surface area contributed by atoms with E-state index in [9.17, 15) is 0 Å². The number of hydrogen-bond acceptors (Lipinski definition) is 2. The largest absolute Gasteiger partial charge is 0.402 e. The van der Waals surface area contributed by atoms with Gasteiger partial charge >= 0.3 is 0 Å². The fourth-order valence-electron chi connectivity index (χ4n) is 0.520. The molecule has 0 saturated carbocycles. The molecule has 0 fully saturated rings. The van der Waals surface area contributed by atoms with E-state index in [0.29, 0.717) is 0 Å². The minimum Gasteiger partial charge on any atom is -0.402 e. The van der Waals surface area contributed by atoms with Crippen LogP contribution in [0.1, 0.15) is 26.7 Å². The predicted octanol–water partition coefficient (Wildman–Crippen LogP) is 1.01. The Morgan fingerprint density at radius 2 is 2.33 bits per heavy atom. The van der Waals surface area contributed by atoms with Crippen LogP contribution in [0.5, 0.6) is 0 Å². The van der Waals surface area contributed by atoms with Crippen LogP contribution >= 0.6 is 0 Å². The molecule has 0 heterocycles. The van der Waals surface area contributed by atoms with E-state index in [4.69, 9.17) is 10.8 Å². The third-order valence-corrected chi connectivity index (χ3v) is 1.22. The molecule has 0 amide bonds. The Kier molecular flexibility index (Phi) is 4.14. The Bertz CT molecular complexity index is 97.1. The van der Waals surface area contributed by atoms with Crippen molar-refractivity contribution in [2.24, 2.45) is 5.73 Å². The highest BCUT2D eigenvalue weighted by Gasteiger charge is 1.94. The SMILES string of the molecule is C/C=C(/N)CCC(C)O. The van der Waals surface area contributed by atoms with Crippen molar-refractivity contribution in [1.29, 1.82) is 0 Å². The normalized spacial score (nSPS) is 15.7. The van der Waals surface area contributed by atoms with Gasteiger partial charge < -0.3 is 10.8 Å². The number of rotatable bonds is 3. The van der Waals surface area contributed by atoms with Gasteiger partial charge in [0.25, 0.3) is 0 Å². The fraction of sp³-hybridized carbons (Fsp3) is 0.714. The molecule has 0 aliphatic heterocycles. The number of hydrogen-bond donors (Lipinski definition) is 2. The summed E-state index contributed by atoms with van der Waals surface area (Å²) in [5, 5.41) is 8.81. The molecule has 0 aromatic carbocycles. The van der Waals surface area contributed by atoms with Gasteiger partial charge in [-0.25, -0.2) is 0 Å². The van der Waals surface area contributed by atoms with Gasteiger partial charge in [0.15, 0.2) is 0 Å². The molecule has 0 saturated heterocycles. The molecule has 0 spiro atoms. The molecular formula is C7H15NO. The summed E-state index contributed by atoms with van der Waals surface area (Å²) in [5.74, 6) is 0. The van der Waals surface area contributed by atoms with E-state index in [0.717, 1.165) is 18.5 Å². The molecule has 9 heavy (non-hydrogen) atoms. The highest BCUT2D eigenvalue weighted by Crippen LogP contribution is 2.00. The smallest absolute Gasteiger partial charge is 0.0515 e. The summed E-state index contributed by atoms with van der Waals surface area (Å²) < 4.78 is 0. The Balaban J connectivity index is 3.28. The molecule has 0 rings (SSSR count). The minimum absolute atomic E-state index is 0.233. The van der Waals surface area contributed by atoms with Crippen LogP contribution < -0.4 is 5.73 Å². The van der Waals surface area contributed by atoms with Crippen molar-refractivity contribution >= 4 is 0 Å². The molecule has 3 N–H and O–H groups in total. The van der Waals surface area contributed by atoms with Crippen LogP contribution in [0.25, 0.3) is 0 Å². The lowest BCUT2D eigenvalue weighted by Crippen LogP contribution is -2.03. The maximum absolute atomic E-state index is 8.81. The average Bonchev–Trinajstić information content (AvgIpc) is 1.83. The monoisotopic (exact) mass is 129 g/mol. The minimum atomic E-state index is -0.233. The van der Waals surface area contributed by atoms with Crippen LogP contribution in [0.4, 0.5) is 0 Å². The molecule has 0 aromatic rings. The third kappa shape index (κ3) is 5.37. The highest BCUT2D eigenvalue weighted by molar-refractivity contribution is 4.93. The molecule has 1 atom stereocenters. The summed E-state index contributed by atoms with van der Waals surface area (Å²) in [6.07, 6.45) is 3.19. The molecule has 0 aliphatic carbocycles. The van der Waals surface area contributed by atoms with Crippen molar-refractivity contribution in [2.45, 2.75) is 32.8 Å². The second-order valence-corrected chi connectivity index (χ2v) is 2.25. The van der Waals surface area contributed by atoms with Gasteiger partial charge in [0.05, 0.1) is 6.10 Å². The first-order valence-electron chi connectivity index (χ1n) is 3.25. The van der Waals surface area contributed by atoms with Crippen LogP contribution in [0, 0.1) is 0 Å². The van der Waals surface area contributed by atoms with Crippen molar-refractivity contribution in [3.05, 3.63) is 11.8 Å². The lowest BCUT2D eigenvalue weighted by Gasteiger charge is -2.02. The van der Waals surface area contributed by atoms with Gasteiger partial charge in [-0.1, -0.05) is 6.08 Å². The second kappa shape index (κ2) is 4.39. The molecule has 1 unspecified atom stereocenters. The van der Waals surface area contributed by atoms with E-state index in [-0.39, 0.29) is 6.10 Å². The molecule has 0 aromatic heterocycles. The van der Waals surface area contributed by atoms with E-state index in [1.54, 1.807) is 6.92 Å². The average molecular weight is 129 g/mol. The quantitative estimate of drug-likeness (QED) is 0.597. The van der Waals surface area contributed by atoms with Gasteiger partial charge in [-0.15, -0.1) is 0 Å². The molecular weight excluding hydrogens is 114 g/mol. The number of aliphatic hydroxyl groups is 1. The summed E-state index contributed by atoms with van der Waals surface area (Å²) in [5.41, 5.74) is 6.33. The van der Waals surface area contributed by atoms with Gasteiger partial charge in [-0.05, 0) is 26.7 Å². The van der Waals surface area contributed by atoms with Crippen LogP contribution in [0.2, 0.25) is 0 Å². The summed E-state index contributed by atoms with van der Waals surface area (Å²) in [7, 11) is 0. The summed E-state index contributed by atoms with van der Waals surface area (Å²) >= 11 is 0.